The van der Waals surface area contributed by atoms with Crippen molar-refractivity contribution in [2.45, 2.75) is 64.1 Å². The van der Waals surface area contributed by atoms with Gasteiger partial charge in [0.25, 0.3) is 5.91 Å². The van der Waals surface area contributed by atoms with E-state index in [1.54, 1.807) is 16.2 Å². The van der Waals surface area contributed by atoms with E-state index in [1.807, 2.05) is 60.2 Å². The highest BCUT2D eigenvalue weighted by Gasteiger charge is 2.49. The molecule has 1 saturated carbocycles. The van der Waals surface area contributed by atoms with Crippen molar-refractivity contribution in [3.8, 4) is 5.75 Å². The molecule has 6 nitrogen and oxygen atoms in total. The van der Waals surface area contributed by atoms with Crippen molar-refractivity contribution in [1.29, 1.82) is 0 Å². The fraction of sp³-hybridized carbons (Fsp3) is 0.440. The van der Waals surface area contributed by atoms with E-state index < -0.39 is 5.54 Å². The third-order valence-electron chi connectivity index (χ3n) is 6.74. The van der Waals surface area contributed by atoms with E-state index in [1.165, 1.54) is 6.42 Å². The van der Waals surface area contributed by atoms with Gasteiger partial charge in [0, 0.05) is 11.7 Å². The minimum atomic E-state index is -1.04. The van der Waals surface area contributed by atoms with E-state index in [9.17, 15) is 9.59 Å². The molecule has 1 fully saturated rings. The Morgan fingerprint density at radius 2 is 1.94 bits per heavy atom. The molecule has 32 heavy (non-hydrogen) atoms. The summed E-state index contributed by atoms with van der Waals surface area (Å²) in [5, 5.41) is 5.31. The van der Waals surface area contributed by atoms with Crippen molar-refractivity contribution in [1.82, 2.24) is 9.88 Å². The van der Waals surface area contributed by atoms with Crippen molar-refractivity contribution in [3.05, 3.63) is 47.5 Å². The lowest BCUT2D eigenvalue weighted by Gasteiger charge is -2.44. The maximum Gasteiger partial charge on any atom is 0.275 e. The quantitative estimate of drug-likeness (QED) is 0.596. The normalized spacial score (nSPS) is 21.6. The van der Waals surface area contributed by atoms with Gasteiger partial charge in [-0.05, 0) is 68.5 Å². The highest BCUT2D eigenvalue weighted by atomic mass is 32.1. The van der Waals surface area contributed by atoms with E-state index >= 15 is 0 Å². The molecule has 0 radical (unpaired) electrons. The summed E-state index contributed by atoms with van der Waals surface area (Å²) in [5.74, 6) is 0.512. The molecule has 168 valence electrons. The lowest BCUT2D eigenvalue weighted by molar-refractivity contribution is -0.127. The molecule has 0 bridgehead atoms. The Hall–Kier alpha value is -2.80. The van der Waals surface area contributed by atoms with E-state index in [0.29, 0.717) is 24.5 Å². The maximum absolute atomic E-state index is 13.8. The number of aromatic nitrogens is 1. The van der Waals surface area contributed by atoms with Crippen LogP contribution in [0, 0.1) is 0 Å². The molecular formula is C25H29N3O3S. The van der Waals surface area contributed by atoms with Gasteiger partial charge in [0.05, 0.1) is 23.4 Å². The molecule has 5 rings (SSSR count). The van der Waals surface area contributed by atoms with Gasteiger partial charge in [-0.3, -0.25) is 14.5 Å². The minimum Gasteiger partial charge on any atom is -0.494 e. The number of carbonyl (C=O) groups is 2. The minimum absolute atomic E-state index is 0.0886. The van der Waals surface area contributed by atoms with Gasteiger partial charge in [0.1, 0.15) is 17.0 Å². The van der Waals surface area contributed by atoms with E-state index in [0.717, 1.165) is 41.6 Å². The number of hydrogen-bond donors (Lipinski definition) is 1. The Morgan fingerprint density at radius 1 is 1.19 bits per heavy atom. The molecule has 2 aromatic heterocycles. The first-order valence-electron chi connectivity index (χ1n) is 11.5. The van der Waals surface area contributed by atoms with Crippen molar-refractivity contribution >= 4 is 39.1 Å². The summed E-state index contributed by atoms with van der Waals surface area (Å²) >= 11 is 1.62. The second kappa shape index (κ2) is 8.28. The van der Waals surface area contributed by atoms with Crippen molar-refractivity contribution in [3.63, 3.8) is 0 Å². The summed E-state index contributed by atoms with van der Waals surface area (Å²) in [6.07, 6.45) is 5.51. The lowest BCUT2D eigenvalue weighted by Crippen LogP contribution is -2.65. The van der Waals surface area contributed by atoms with Gasteiger partial charge in [-0.25, -0.2) is 0 Å². The third kappa shape index (κ3) is 3.48. The second-order valence-corrected chi connectivity index (χ2v) is 9.88. The highest BCUT2D eigenvalue weighted by Crippen LogP contribution is 2.38. The van der Waals surface area contributed by atoms with Gasteiger partial charge < -0.3 is 14.6 Å². The first kappa shape index (κ1) is 21.1. The number of hydrogen-bond acceptors (Lipinski definition) is 4. The average molecular weight is 452 g/mol. The molecule has 2 amide bonds. The molecule has 2 aliphatic rings. The standard InChI is InChI=1S/C25H29N3O3S/c1-3-31-19-11-9-18(10-12-19)28-23(29)21-15-22-20(13-14-32-22)27(21)16-25(28,2)24(30)26-17-7-5-4-6-8-17/h9-15,17H,3-8,16H2,1-2H3,(H,26,30)/t25-/m0/s1. The first-order valence-corrected chi connectivity index (χ1v) is 12.3. The van der Waals surface area contributed by atoms with Crippen molar-refractivity contribution in [2.75, 3.05) is 11.5 Å². The number of nitrogens with one attached hydrogen (secondary N) is 1. The topological polar surface area (TPSA) is 63.6 Å². The van der Waals surface area contributed by atoms with Crippen LogP contribution in [0.15, 0.2) is 41.8 Å². The van der Waals surface area contributed by atoms with E-state index in [4.69, 9.17) is 4.74 Å². The number of benzene rings is 1. The molecule has 3 heterocycles. The molecule has 1 aliphatic carbocycles. The SMILES string of the molecule is CCOc1ccc(N2C(=O)c3cc4sccc4n3C[C@@]2(C)C(=O)NC2CCCCC2)cc1. The molecule has 1 aromatic carbocycles. The predicted octanol–water partition coefficient (Wildman–Crippen LogP) is 4.97. The molecule has 0 spiro atoms. The fourth-order valence-electron chi connectivity index (χ4n) is 5.06. The van der Waals surface area contributed by atoms with Crippen LogP contribution in [0.1, 0.15) is 56.4 Å². The highest BCUT2D eigenvalue weighted by molar-refractivity contribution is 7.17. The zero-order valence-electron chi connectivity index (χ0n) is 18.6. The maximum atomic E-state index is 13.8. The van der Waals surface area contributed by atoms with Crippen LogP contribution in [0.25, 0.3) is 10.2 Å². The van der Waals surface area contributed by atoms with Gasteiger partial charge in [-0.1, -0.05) is 19.3 Å². The molecule has 1 aliphatic heterocycles. The number of anilines is 1. The van der Waals surface area contributed by atoms with E-state index in [2.05, 4.69) is 5.32 Å². The number of ether oxygens (including phenoxy) is 1. The largest absolute Gasteiger partial charge is 0.494 e. The Balaban J connectivity index is 1.56. The number of rotatable bonds is 5. The summed E-state index contributed by atoms with van der Waals surface area (Å²) in [6, 6.07) is 11.6. The average Bonchev–Trinajstić information content (AvgIpc) is 3.38. The summed E-state index contributed by atoms with van der Waals surface area (Å²) < 4.78 is 8.66. The third-order valence-corrected chi connectivity index (χ3v) is 7.59. The predicted molar refractivity (Wildman–Crippen MR) is 128 cm³/mol. The molecule has 0 saturated heterocycles. The smallest absolute Gasteiger partial charge is 0.275 e. The second-order valence-electron chi connectivity index (χ2n) is 8.94. The number of carbonyl (C=O) groups excluding carboxylic acids is 2. The molecule has 3 aromatic rings. The van der Waals surface area contributed by atoms with Crippen molar-refractivity contribution < 1.29 is 14.3 Å². The molecular weight excluding hydrogens is 422 g/mol. The number of thiophene rings is 1. The summed E-state index contributed by atoms with van der Waals surface area (Å²) in [6.45, 7) is 4.82. The molecule has 7 heteroatoms. The van der Waals surface area contributed by atoms with Gasteiger partial charge >= 0.3 is 0 Å². The Labute approximate surface area is 192 Å². The van der Waals surface area contributed by atoms with Crippen LogP contribution in [-0.4, -0.2) is 34.6 Å². The van der Waals surface area contributed by atoms with Crippen LogP contribution in [0.2, 0.25) is 0 Å². The summed E-state index contributed by atoms with van der Waals surface area (Å²) in [7, 11) is 0. The monoisotopic (exact) mass is 451 g/mol. The zero-order valence-corrected chi connectivity index (χ0v) is 19.4. The van der Waals surface area contributed by atoms with Crippen LogP contribution >= 0.6 is 11.3 Å². The van der Waals surface area contributed by atoms with Gasteiger partial charge in [0.15, 0.2) is 0 Å². The first-order chi connectivity index (χ1) is 15.5. The Bertz CT molecular complexity index is 1140. The number of fused-ring (bicyclic) bond motifs is 3. The van der Waals surface area contributed by atoms with Crippen LogP contribution in [0.3, 0.4) is 0 Å². The molecule has 1 N–H and O–H groups in total. The van der Waals surface area contributed by atoms with Crippen LogP contribution in [0.5, 0.6) is 5.75 Å². The number of amides is 2. The van der Waals surface area contributed by atoms with Crippen LogP contribution in [0.4, 0.5) is 5.69 Å². The Kier molecular flexibility index (Phi) is 5.45. The summed E-state index contributed by atoms with van der Waals surface area (Å²) in [5.41, 5.74) is 1.31. The molecule has 1 atom stereocenters. The molecule has 0 unspecified atom stereocenters. The van der Waals surface area contributed by atoms with Gasteiger partial charge in [0.2, 0.25) is 5.91 Å². The van der Waals surface area contributed by atoms with E-state index in [-0.39, 0.29) is 17.9 Å². The van der Waals surface area contributed by atoms with Crippen LogP contribution < -0.4 is 15.0 Å². The zero-order chi connectivity index (χ0) is 22.3. The lowest BCUT2D eigenvalue weighted by atomic mass is 9.91. The summed E-state index contributed by atoms with van der Waals surface area (Å²) in [4.78, 5) is 29.2. The fourth-order valence-corrected chi connectivity index (χ4v) is 5.89. The van der Waals surface area contributed by atoms with Gasteiger partial charge in [-0.15, -0.1) is 11.3 Å². The van der Waals surface area contributed by atoms with Gasteiger partial charge in [-0.2, -0.15) is 0 Å². The Morgan fingerprint density at radius 3 is 2.66 bits per heavy atom. The number of nitrogens with zero attached hydrogens (tertiary/aromatic N) is 2. The van der Waals surface area contributed by atoms with Crippen LogP contribution in [-0.2, 0) is 11.3 Å². The van der Waals surface area contributed by atoms with Crippen molar-refractivity contribution in [2.24, 2.45) is 0 Å².